The van der Waals surface area contributed by atoms with Crippen LogP contribution in [-0.2, 0) is 5.75 Å². The first-order valence-electron chi connectivity index (χ1n) is 7.61. The number of nitrogens with zero attached hydrogens (tertiary/aromatic N) is 3. The Bertz CT molecular complexity index is 842. The van der Waals surface area contributed by atoms with E-state index in [0.717, 1.165) is 22.9 Å². The molecule has 2 aromatic heterocycles. The van der Waals surface area contributed by atoms with Crippen LogP contribution in [-0.4, -0.2) is 26.9 Å². The molecule has 0 spiro atoms. The first-order valence-corrected chi connectivity index (χ1v) is 8.59. The molecule has 4 rings (SSSR count). The van der Waals surface area contributed by atoms with E-state index in [2.05, 4.69) is 27.5 Å². The Kier molecular flexibility index (Phi) is 3.75. The van der Waals surface area contributed by atoms with E-state index in [4.69, 9.17) is 0 Å². The van der Waals surface area contributed by atoms with Crippen LogP contribution in [0.2, 0.25) is 0 Å². The van der Waals surface area contributed by atoms with Crippen LogP contribution < -0.4 is 5.32 Å². The Labute approximate surface area is 138 Å². The van der Waals surface area contributed by atoms with Crippen molar-refractivity contribution in [2.75, 3.05) is 5.32 Å². The lowest BCUT2D eigenvalue weighted by Gasteiger charge is -2.09. The molecule has 116 valence electrons. The monoisotopic (exact) mass is 324 g/mol. The predicted molar refractivity (Wildman–Crippen MR) is 91.0 cm³/mol. The van der Waals surface area contributed by atoms with Gasteiger partial charge in [0.1, 0.15) is 10.8 Å². The van der Waals surface area contributed by atoms with Gasteiger partial charge in [-0.25, -0.2) is 4.98 Å². The number of nitrogens with one attached hydrogen (secondary N) is 1. The SMILES string of the molecule is O=Cc1cnn2c(NC3CC3)cc(SCc3ccccc3)nc12. The summed E-state index contributed by atoms with van der Waals surface area (Å²) in [6.45, 7) is 0. The maximum Gasteiger partial charge on any atom is 0.169 e. The molecule has 1 saturated carbocycles. The first-order chi connectivity index (χ1) is 11.3. The van der Waals surface area contributed by atoms with E-state index < -0.39 is 0 Å². The molecule has 5 nitrogen and oxygen atoms in total. The highest BCUT2D eigenvalue weighted by atomic mass is 32.2. The summed E-state index contributed by atoms with van der Waals surface area (Å²) in [5.74, 6) is 1.75. The highest BCUT2D eigenvalue weighted by molar-refractivity contribution is 7.98. The molecule has 2 heterocycles. The minimum absolute atomic E-state index is 0.511. The Morgan fingerprint density at radius 3 is 2.87 bits per heavy atom. The number of carbonyl (C=O) groups excluding carboxylic acids is 1. The molecule has 0 saturated heterocycles. The van der Waals surface area contributed by atoms with Gasteiger partial charge in [-0.15, -0.1) is 11.8 Å². The molecule has 0 aliphatic heterocycles. The highest BCUT2D eigenvalue weighted by Gasteiger charge is 2.23. The minimum atomic E-state index is 0.511. The molecule has 0 bridgehead atoms. The van der Waals surface area contributed by atoms with E-state index in [1.54, 1.807) is 22.5 Å². The van der Waals surface area contributed by atoms with E-state index in [9.17, 15) is 4.79 Å². The molecule has 1 N–H and O–H groups in total. The van der Waals surface area contributed by atoms with Gasteiger partial charge in [0.2, 0.25) is 0 Å². The van der Waals surface area contributed by atoms with Crippen LogP contribution in [0.4, 0.5) is 5.82 Å². The molecule has 1 aliphatic rings. The summed E-state index contributed by atoms with van der Waals surface area (Å²) in [6.07, 6.45) is 4.73. The molecular formula is C17H16N4OS. The average Bonchev–Trinajstić information content (AvgIpc) is 3.30. The van der Waals surface area contributed by atoms with E-state index in [-0.39, 0.29) is 0 Å². The van der Waals surface area contributed by atoms with E-state index in [0.29, 0.717) is 17.3 Å². The second kappa shape index (κ2) is 6.04. The summed E-state index contributed by atoms with van der Waals surface area (Å²) in [5, 5.41) is 8.64. The molecule has 0 atom stereocenters. The maximum atomic E-state index is 11.2. The number of hydrogen-bond donors (Lipinski definition) is 1. The Morgan fingerprint density at radius 1 is 1.30 bits per heavy atom. The van der Waals surface area contributed by atoms with Gasteiger partial charge in [-0.3, -0.25) is 4.79 Å². The van der Waals surface area contributed by atoms with Crippen molar-refractivity contribution in [1.82, 2.24) is 14.6 Å². The fourth-order valence-electron chi connectivity index (χ4n) is 2.39. The van der Waals surface area contributed by atoms with E-state index in [1.165, 1.54) is 18.4 Å². The van der Waals surface area contributed by atoms with Gasteiger partial charge in [-0.2, -0.15) is 9.61 Å². The lowest BCUT2D eigenvalue weighted by molar-refractivity contribution is 0.112. The summed E-state index contributed by atoms with van der Waals surface area (Å²) < 4.78 is 1.72. The predicted octanol–water partition coefficient (Wildman–Crippen LogP) is 3.41. The van der Waals surface area contributed by atoms with Crippen LogP contribution in [0, 0.1) is 0 Å². The van der Waals surface area contributed by atoms with Crippen molar-refractivity contribution in [3.05, 3.63) is 53.7 Å². The van der Waals surface area contributed by atoms with Gasteiger partial charge in [0.15, 0.2) is 11.9 Å². The molecule has 0 radical (unpaired) electrons. The maximum absolute atomic E-state index is 11.2. The molecule has 1 aromatic carbocycles. The fourth-order valence-corrected chi connectivity index (χ4v) is 3.24. The normalized spacial score (nSPS) is 14.1. The standard InChI is InChI=1S/C17H16N4OS/c22-10-13-9-18-21-15(19-14-6-7-14)8-16(20-17(13)21)23-11-12-4-2-1-3-5-12/h1-5,8-10,14,19H,6-7,11H2. The molecule has 23 heavy (non-hydrogen) atoms. The highest BCUT2D eigenvalue weighted by Crippen LogP contribution is 2.29. The average molecular weight is 324 g/mol. The largest absolute Gasteiger partial charge is 0.367 e. The second-order valence-electron chi connectivity index (χ2n) is 5.63. The minimum Gasteiger partial charge on any atom is -0.367 e. The molecule has 0 amide bonds. The summed E-state index contributed by atoms with van der Waals surface area (Å²) in [6, 6.07) is 12.8. The van der Waals surface area contributed by atoms with Crippen molar-refractivity contribution in [2.24, 2.45) is 0 Å². The summed E-state index contributed by atoms with van der Waals surface area (Å²) >= 11 is 1.66. The van der Waals surface area contributed by atoms with Gasteiger partial charge < -0.3 is 5.32 Å². The van der Waals surface area contributed by atoms with Crippen molar-refractivity contribution in [2.45, 2.75) is 29.7 Å². The number of anilines is 1. The fraction of sp³-hybridized carbons (Fsp3) is 0.235. The quantitative estimate of drug-likeness (QED) is 0.428. The summed E-state index contributed by atoms with van der Waals surface area (Å²) in [5.41, 5.74) is 2.38. The Morgan fingerprint density at radius 2 is 2.13 bits per heavy atom. The van der Waals surface area contributed by atoms with Crippen molar-refractivity contribution in [1.29, 1.82) is 0 Å². The second-order valence-corrected chi connectivity index (χ2v) is 6.62. The van der Waals surface area contributed by atoms with Crippen molar-refractivity contribution < 1.29 is 4.79 Å². The lowest BCUT2D eigenvalue weighted by Crippen LogP contribution is -2.08. The zero-order valence-electron chi connectivity index (χ0n) is 12.5. The first kappa shape index (κ1) is 14.3. The topological polar surface area (TPSA) is 59.3 Å². The van der Waals surface area contributed by atoms with Gasteiger partial charge in [0, 0.05) is 17.9 Å². The van der Waals surface area contributed by atoms with Crippen molar-refractivity contribution in [3.63, 3.8) is 0 Å². The van der Waals surface area contributed by atoms with Crippen molar-refractivity contribution in [3.8, 4) is 0 Å². The Hall–Kier alpha value is -2.34. The number of aromatic nitrogens is 3. The Balaban J connectivity index is 1.66. The number of aldehydes is 1. The smallest absolute Gasteiger partial charge is 0.169 e. The van der Waals surface area contributed by atoms with Crippen LogP contribution in [0.5, 0.6) is 0 Å². The molecule has 0 unspecified atom stereocenters. The number of carbonyl (C=O) groups is 1. The van der Waals surface area contributed by atoms with Gasteiger partial charge in [0.05, 0.1) is 11.8 Å². The zero-order chi connectivity index (χ0) is 15.6. The third kappa shape index (κ3) is 3.07. The summed E-state index contributed by atoms with van der Waals surface area (Å²) in [4.78, 5) is 15.8. The van der Waals surface area contributed by atoms with Gasteiger partial charge in [-0.1, -0.05) is 30.3 Å². The third-order valence-corrected chi connectivity index (χ3v) is 4.74. The zero-order valence-corrected chi connectivity index (χ0v) is 13.3. The van der Waals surface area contributed by atoms with Crippen LogP contribution >= 0.6 is 11.8 Å². The van der Waals surface area contributed by atoms with E-state index in [1.807, 2.05) is 24.3 Å². The van der Waals surface area contributed by atoms with Gasteiger partial charge >= 0.3 is 0 Å². The molecule has 3 aromatic rings. The van der Waals surface area contributed by atoms with Crippen LogP contribution in [0.3, 0.4) is 0 Å². The van der Waals surface area contributed by atoms with Gasteiger partial charge in [0.25, 0.3) is 0 Å². The van der Waals surface area contributed by atoms with Crippen LogP contribution in [0.1, 0.15) is 28.8 Å². The molecule has 1 aliphatic carbocycles. The number of benzene rings is 1. The number of hydrogen-bond acceptors (Lipinski definition) is 5. The summed E-state index contributed by atoms with van der Waals surface area (Å²) in [7, 11) is 0. The van der Waals surface area contributed by atoms with Crippen LogP contribution in [0.15, 0.2) is 47.6 Å². The molecule has 6 heteroatoms. The molecular weight excluding hydrogens is 308 g/mol. The number of thioether (sulfide) groups is 1. The van der Waals surface area contributed by atoms with E-state index >= 15 is 0 Å². The third-order valence-electron chi connectivity index (χ3n) is 3.76. The van der Waals surface area contributed by atoms with Crippen LogP contribution in [0.25, 0.3) is 5.65 Å². The van der Waals surface area contributed by atoms with Gasteiger partial charge in [-0.05, 0) is 18.4 Å². The lowest BCUT2D eigenvalue weighted by atomic mass is 10.2. The number of fused-ring (bicyclic) bond motifs is 1. The number of rotatable bonds is 6. The van der Waals surface area contributed by atoms with Crippen molar-refractivity contribution >= 4 is 29.5 Å². The molecule has 1 fully saturated rings.